The molecule has 0 saturated carbocycles. The van der Waals surface area contributed by atoms with Crippen LogP contribution < -0.4 is 14.4 Å². The Labute approximate surface area is 219 Å². The number of hydrogen-bond acceptors (Lipinski definition) is 6. The summed E-state index contributed by atoms with van der Waals surface area (Å²) >= 11 is 0. The van der Waals surface area contributed by atoms with E-state index in [1.807, 2.05) is 60.7 Å². The highest BCUT2D eigenvalue weighted by atomic mass is 32.2. The lowest BCUT2D eigenvalue weighted by Crippen LogP contribution is -2.50. The van der Waals surface area contributed by atoms with Gasteiger partial charge in [-0.15, -0.1) is 0 Å². The van der Waals surface area contributed by atoms with E-state index in [2.05, 4.69) is 4.90 Å². The van der Waals surface area contributed by atoms with Gasteiger partial charge in [0.15, 0.2) is 6.61 Å². The smallest absolute Gasteiger partial charge is 0.260 e. The van der Waals surface area contributed by atoms with E-state index in [0.29, 0.717) is 56.3 Å². The fourth-order valence-electron chi connectivity index (χ4n) is 4.26. The van der Waals surface area contributed by atoms with Crippen molar-refractivity contribution >= 4 is 21.6 Å². The van der Waals surface area contributed by atoms with Crippen LogP contribution in [0.3, 0.4) is 0 Å². The van der Waals surface area contributed by atoms with Gasteiger partial charge in [0.05, 0.1) is 17.7 Å². The van der Waals surface area contributed by atoms with Crippen LogP contribution in [0.25, 0.3) is 0 Å². The number of likely N-dealkylation sites (N-methyl/N-ethyl adjacent to an activating group) is 1. The van der Waals surface area contributed by atoms with Gasteiger partial charge in [-0.05, 0) is 42.3 Å². The molecule has 1 saturated heterocycles. The molecule has 0 bridgehead atoms. The molecule has 9 heteroatoms. The predicted molar refractivity (Wildman–Crippen MR) is 144 cm³/mol. The maximum atomic E-state index is 13.3. The highest BCUT2D eigenvalue weighted by Gasteiger charge is 2.26. The van der Waals surface area contributed by atoms with E-state index in [0.717, 1.165) is 5.56 Å². The average molecular weight is 524 g/mol. The lowest BCUT2D eigenvalue weighted by molar-refractivity contribution is -0.133. The number of piperazine rings is 1. The first kappa shape index (κ1) is 26.5. The average Bonchev–Trinajstić information content (AvgIpc) is 2.95. The molecule has 37 heavy (non-hydrogen) atoms. The largest absolute Gasteiger partial charge is 0.495 e. The number of benzene rings is 3. The minimum atomic E-state index is -3.68. The molecule has 0 N–H and O–H groups in total. The van der Waals surface area contributed by atoms with Crippen molar-refractivity contribution in [2.75, 3.05) is 58.4 Å². The number of rotatable bonds is 10. The highest BCUT2D eigenvalue weighted by molar-refractivity contribution is 7.89. The quantitative estimate of drug-likeness (QED) is 0.406. The summed E-state index contributed by atoms with van der Waals surface area (Å²) in [5.74, 6) is 1.18. The van der Waals surface area contributed by atoms with Crippen LogP contribution in [0.5, 0.6) is 11.5 Å². The fourth-order valence-corrected chi connectivity index (χ4v) is 5.45. The fraction of sp³-hybridized carbons (Fsp3) is 0.321. The molecule has 0 atom stereocenters. The first-order valence-corrected chi connectivity index (χ1v) is 13.7. The molecule has 0 unspecified atom stereocenters. The van der Waals surface area contributed by atoms with Crippen LogP contribution in [-0.4, -0.2) is 77.0 Å². The third-order valence-corrected chi connectivity index (χ3v) is 8.35. The van der Waals surface area contributed by atoms with Gasteiger partial charge >= 0.3 is 0 Å². The van der Waals surface area contributed by atoms with Gasteiger partial charge in [-0.2, -0.15) is 0 Å². The molecular weight excluding hydrogens is 490 g/mol. The number of methoxy groups -OCH3 is 1. The molecule has 0 spiro atoms. The molecule has 1 amide bonds. The molecule has 3 aromatic carbocycles. The third kappa shape index (κ3) is 6.61. The van der Waals surface area contributed by atoms with Crippen LogP contribution in [0.4, 0.5) is 5.69 Å². The summed E-state index contributed by atoms with van der Waals surface area (Å²) in [5, 5.41) is 0. The van der Waals surface area contributed by atoms with Crippen molar-refractivity contribution in [1.29, 1.82) is 0 Å². The molecular formula is C28H33N3O5S. The van der Waals surface area contributed by atoms with Crippen molar-refractivity contribution < 1.29 is 22.7 Å². The summed E-state index contributed by atoms with van der Waals surface area (Å²) in [6.07, 6.45) is 0.629. The normalized spacial score (nSPS) is 14.0. The molecule has 4 rings (SSSR count). The molecule has 3 aromatic rings. The second-order valence-electron chi connectivity index (χ2n) is 8.87. The van der Waals surface area contributed by atoms with Crippen LogP contribution in [0.15, 0.2) is 83.8 Å². The second kappa shape index (κ2) is 12.1. The topological polar surface area (TPSA) is 79.4 Å². The lowest BCUT2D eigenvalue weighted by atomic mass is 10.2. The summed E-state index contributed by atoms with van der Waals surface area (Å²) in [5.41, 5.74) is 1.79. The Hall–Kier alpha value is -3.56. The monoisotopic (exact) mass is 523 g/mol. The van der Waals surface area contributed by atoms with Crippen LogP contribution in [0, 0.1) is 0 Å². The Balaban J connectivity index is 1.40. The van der Waals surface area contributed by atoms with Gasteiger partial charge in [0.2, 0.25) is 10.0 Å². The van der Waals surface area contributed by atoms with Crippen molar-refractivity contribution in [3.63, 3.8) is 0 Å². The number of nitrogens with zero attached hydrogens (tertiary/aromatic N) is 3. The predicted octanol–water partition coefficient (Wildman–Crippen LogP) is 3.29. The molecule has 1 heterocycles. The third-order valence-electron chi connectivity index (χ3n) is 6.50. The molecule has 0 aromatic heterocycles. The van der Waals surface area contributed by atoms with Gasteiger partial charge in [-0.3, -0.25) is 4.79 Å². The zero-order valence-corrected chi connectivity index (χ0v) is 22.1. The second-order valence-corrected chi connectivity index (χ2v) is 10.9. The van der Waals surface area contributed by atoms with Gasteiger partial charge in [-0.1, -0.05) is 48.5 Å². The number of para-hydroxylation sites is 1. The van der Waals surface area contributed by atoms with E-state index in [9.17, 15) is 13.2 Å². The molecule has 0 radical (unpaired) electrons. The maximum Gasteiger partial charge on any atom is 0.260 e. The lowest BCUT2D eigenvalue weighted by Gasteiger charge is -2.36. The number of carbonyl (C=O) groups is 1. The Morgan fingerprint density at radius 1 is 0.919 bits per heavy atom. The molecule has 1 aliphatic rings. The number of carbonyl (C=O) groups excluding carboxylic acids is 1. The zero-order chi connectivity index (χ0) is 26.3. The van der Waals surface area contributed by atoms with Gasteiger partial charge in [0, 0.05) is 39.8 Å². The summed E-state index contributed by atoms with van der Waals surface area (Å²) < 4.78 is 39.2. The van der Waals surface area contributed by atoms with Crippen LogP contribution in [-0.2, 0) is 21.2 Å². The Morgan fingerprint density at radius 3 is 2.22 bits per heavy atom. The van der Waals surface area contributed by atoms with Crippen molar-refractivity contribution in [3.05, 3.63) is 84.4 Å². The van der Waals surface area contributed by atoms with E-state index in [-0.39, 0.29) is 17.4 Å². The Bertz CT molecular complexity index is 1280. The van der Waals surface area contributed by atoms with Gasteiger partial charge in [-0.25, -0.2) is 12.7 Å². The molecule has 196 valence electrons. The number of anilines is 1. The minimum absolute atomic E-state index is 0.0175. The van der Waals surface area contributed by atoms with E-state index in [4.69, 9.17) is 9.47 Å². The molecule has 0 aliphatic carbocycles. The van der Waals surface area contributed by atoms with E-state index < -0.39 is 10.0 Å². The molecule has 1 fully saturated rings. The number of sulfonamides is 1. The standard InChI is InChI=1S/C28H33N3O5S/c1-29(16-15-23-9-5-3-6-10-23)37(33,34)25-13-14-27(35-2)26(21-25)30-17-19-31(20-18-30)28(32)22-36-24-11-7-4-8-12-24/h3-14,21H,15-20,22H2,1-2H3. The number of hydrogen-bond donors (Lipinski definition) is 0. The van der Waals surface area contributed by atoms with Crippen molar-refractivity contribution in [1.82, 2.24) is 9.21 Å². The molecule has 8 nitrogen and oxygen atoms in total. The van der Waals surface area contributed by atoms with E-state index in [1.54, 1.807) is 37.3 Å². The van der Waals surface area contributed by atoms with Crippen LogP contribution in [0.1, 0.15) is 5.56 Å². The first-order chi connectivity index (χ1) is 17.9. The number of amides is 1. The van der Waals surface area contributed by atoms with Crippen molar-refractivity contribution in [3.8, 4) is 11.5 Å². The Morgan fingerprint density at radius 2 is 1.57 bits per heavy atom. The van der Waals surface area contributed by atoms with Crippen molar-refractivity contribution in [2.24, 2.45) is 0 Å². The van der Waals surface area contributed by atoms with E-state index in [1.165, 1.54) is 4.31 Å². The van der Waals surface area contributed by atoms with Gasteiger partial charge in [0.25, 0.3) is 5.91 Å². The number of ether oxygens (including phenoxy) is 2. The van der Waals surface area contributed by atoms with E-state index >= 15 is 0 Å². The zero-order valence-electron chi connectivity index (χ0n) is 21.2. The Kier molecular flexibility index (Phi) is 8.68. The van der Waals surface area contributed by atoms with Gasteiger partial charge in [0.1, 0.15) is 11.5 Å². The van der Waals surface area contributed by atoms with Crippen LogP contribution >= 0.6 is 0 Å². The van der Waals surface area contributed by atoms with Gasteiger partial charge < -0.3 is 19.3 Å². The molecule has 1 aliphatic heterocycles. The summed E-state index contributed by atoms with van der Waals surface area (Å²) in [6, 6.07) is 24.0. The SMILES string of the molecule is COc1ccc(S(=O)(=O)N(C)CCc2ccccc2)cc1N1CCN(C(=O)COc2ccccc2)CC1. The minimum Gasteiger partial charge on any atom is -0.495 e. The first-order valence-electron chi connectivity index (χ1n) is 12.3. The highest BCUT2D eigenvalue weighted by Crippen LogP contribution is 2.32. The maximum absolute atomic E-state index is 13.3. The van der Waals surface area contributed by atoms with Crippen LogP contribution in [0.2, 0.25) is 0 Å². The summed E-state index contributed by atoms with van der Waals surface area (Å²) in [6.45, 7) is 2.49. The van der Waals surface area contributed by atoms with Crippen molar-refractivity contribution in [2.45, 2.75) is 11.3 Å². The summed E-state index contributed by atoms with van der Waals surface area (Å²) in [4.78, 5) is 16.7. The summed E-state index contributed by atoms with van der Waals surface area (Å²) in [7, 11) is -0.513.